The molecular formula is C10H14O4V. The third-order valence-corrected chi connectivity index (χ3v) is 0.813. The Morgan fingerprint density at radius 1 is 0.600 bits per heavy atom. The van der Waals surface area contributed by atoms with E-state index < -0.39 is 0 Å². The fraction of sp³-hybridized carbons (Fsp3) is 0.400. The normalized spacial score (nSPS) is 7.20. The second-order valence-electron chi connectivity index (χ2n) is 2.73. The Kier molecular flexibility index (Phi) is 14.4. The smallest absolute Gasteiger partial charge is 0.334 e. The van der Waals surface area contributed by atoms with Gasteiger partial charge in [-0.2, -0.15) is 0 Å². The maximum atomic E-state index is 9.98. The van der Waals surface area contributed by atoms with Crippen LogP contribution in [0.2, 0.25) is 0 Å². The number of hydrogen-bond acceptors (Lipinski definition) is 4. The van der Waals surface area contributed by atoms with Gasteiger partial charge < -0.3 is 19.2 Å². The summed E-state index contributed by atoms with van der Waals surface area (Å²) >= 11 is 0. The molecule has 15 heavy (non-hydrogen) atoms. The summed E-state index contributed by atoms with van der Waals surface area (Å²) in [6.07, 6.45) is 2.11. The Morgan fingerprint density at radius 3 is 0.733 bits per heavy atom. The molecule has 0 saturated heterocycles. The van der Waals surface area contributed by atoms with Crippen molar-refractivity contribution in [3.63, 3.8) is 0 Å². The van der Waals surface area contributed by atoms with E-state index in [1.165, 1.54) is 27.7 Å². The fourth-order valence-electron chi connectivity index (χ4n) is 0.572. The van der Waals surface area contributed by atoms with Crippen LogP contribution in [-0.2, 0) is 37.7 Å². The van der Waals surface area contributed by atoms with Crippen LogP contribution in [-0.4, -0.2) is 23.1 Å². The maximum absolute atomic E-state index is 9.98. The molecule has 0 heterocycles. The molecular weight excluding hydrogens is 235 g/mol. The first kappa shape index (κ1) is 19.6. The summed E-state index contributed by atoms with van der Waals surface area (Å²) in [4.78, 5) is 39.9. The molecule has 0 amide bonds. The number of hydrogen-bond donors (Lipinski definition) is 0. The van der Waals surface area contributed by atoms with Crippen molar-refractivity contribution >= 4 is 23.1 Å². The van der Waals surface area contributed by atoms with Crippen LogP contribution in [0.4, 0.5) is 0 Å². The van der Waals surface area contributed by atoms with E-state index in [-0.39, 0.29) is 41.7 Å². The zero-order valence-electron chi connectivity index (χ0n) is 9.23. The van der Waals surface area contributed by atoms with Gasteiger partial charge in [-0.25, -0.2) is 0 Å². The summed E-state index contributed by atoms with van der Waals surface area (Å²) in [5.74, 6) is -0.750. The van der Waals surface area contributed by atoms with Gasteiger partial charge >= 0.3 is 18.6 Å². The number of rotatable bonds is 4. The summed E-state index contributed by atoms with van der Waals surface area (Å²) < 4.78 is 0. The van der Waals surface area contributed by atoms with E-state index in [1.807, 2.05) is 0 Å². The summed E-state index contributed by atoms with van der Waals surface area (Å²) in [6.45, 7) is 5.39. The minimum absolute atomic E-state index is 0. The van der Waals surface area contributed by atoms with Gasteiger partial charge in [-0.05, 0) is 27.7 Å². The van der Waals surface area contributed by atoms with Crippen molar-refractivity contribution in [2.24, 2.45) is 0 Å². The van der Waals surface area contributed by atoms with Gasteiger partial charge in [-0.1, -0.05) is 0 Å². The largest absolute Gasteiger partial charge is 2.00 e. The Morgan fingerprint density at radius 2 is 0.733 bits per heavy atom. The molecule has 0 atom stereocenters. The second kappa shape index (κ2) is 11.1. The van der Waals surface area contributed by atoms with Crippen molar-refractivity contribution in [3.05, 3.63) is 12.8 Å². The van der Waals surface area contributed by atoms with E-state index in [4.69, 9.17) is 0 Å². The first-order valence-corrected chi connectivity index (χ1v) is 3.97. The number of carbonyl (C=O) groups excluding carboxylic acids is 4. The third kappa shape index (κ3) is 32.1. The van der Waals surface area contributed by atoms with Gasteiger partial charge in [0.1, 0.15) is 0 Å². The molecule has 0 N–H and O–H groups in total. The fourth-order valence-corrected chi connectivity index (χ4v) is 0.572. The van der Waals surface area contributed by atoms with E-state index >= 15 is 0 Å². The van der Waals surface area contributed by atoms with Crippen LogP contribution in [0.1, 0.15) is 27.7 Å². The Labute approximate surface area is 102 Å². The van der Waals surface area contributed by atoms with Gasteiger partial charge in [0.25, 0.3) is 0 Å². The van der Waals surface area contributed by atoms with Gasteiger partial charge in [0.05, 0.1) is 0 Å². The topological polar surface area (TPSA) is 68.3 Å². The Balaban J connectivity index is -0.000000180. The first-order valence-electron chi connectivity index (χ1n) is 3.97. The molecule has 0 aliphatic rings. The van der Waals surface area contributed by atoms with Gasteiger partial charge in [-0.3, -0.25) is 12.8 Å². The first-order chi connectivity index (χ1) is 6.25. The van der Waals surface area contributed by atoms with Crippen molar-refractivity contribution in [3.8, 4) is 0 Å². The van der Waals surface area contributed by atoms with Gasteiger partial charge in [-0.15, -0.1) is 0 Å². The molecule has 0 rings (SSSR count). The molecule has 0 unspecified atom stereocenters. The minimum Gasteiger partial charge on any atom is -0.334 e. The predicted octanol–water partition coefficient (Wildman–Crippen LogP) is 0.735. The third-order valence-electron chi connectivity index (χ3n) is 0.813. The molecule has 0 fully saturated rings. The summed E-state index contributed by atoms with van der Waals surface area (Å²) in [5.41, 5.74) is 0. The average Bonchev–Trinajstić information content (AvgIpc) is 1.79. The van der Waals surface area contributed by atoms with Gasteiger partial charge in [0.2, 0.25) is 0 Å². The monoisotopic (exact) mass is 249 g/mol. The molecule has 0 spiro atoms. The van der Waals surface area contributed by atoms with E-state index in [0.29, 0.717) is 0 Å². The van der Waals surface area contributed by atoms with Crippen LogP contribution in [0.25, 0.3) is 0 Å². The number of Topliss-reactive ketones (excluding diaryl/α,β-unsaturated/α-hetero) is 4. The summed E-state index contributed by atoms with van der Waals surface area (Å²) in [5, 5.41) is 0. The molecule has 5 heteroatoms. The van der Waals surface area contributed by atoms with Crippen molar-refractivity contribution in [1.29, 1.82) is 0 Å². The van der Waals surface area contributed by atoms with E-state index in [2.05, 4.69) is 0 Å². The average molecular weight is 249 g/mol. The van der Waals surface area contributed by atoms with Crippen molar-refractivity contribution in [1.82, 2.24) is 0 Å². The van der Waals surface area contributed by atoms with Crippen LogP contribution in [0.15, 0.2) is 0 Å². The number of carbonyl (C=O) groups is 4. The van der Waals surface area contributed by atoms with Crippen LogP contribution in [0, 0.1) is 12.8 Å². The zero-order chi connectivity index (χ0) is 11.7. The Bertz CT molecular complexity index is 196. The Hall–Kier alpha value is -0.996. The maximum Gasteiger partial charge on any atom is 2.00 e. The molecule has 83 valence electrons. The van der Waals surface area contributed by atoms with Crippen LogP contribution in [0.3, 0.4) is 0 Å². The molecule has 0 aromatic heterocycles. The van der Waals surface area contributed by atoms with Crippen molar-refractivity contribution in [2.45, 2.75) is 27.7 Å². The van der Waals surface area contributed by atoms with Gasteiger partial charge in [0, 0.05) is 23.1 Å². The molecule has 4 nitrogen and oxygen atoms in total. The predicted molar refractivity (Wildman–Crippen MR) is 51.3 cm³/mol. The molecule has 1 radical (unpaired) electrons. The van der Waals surface area contributed by atoms with Crippen LogP contribution >= 0.6 is 0 Å². The molecule has 0 bridgehead atoms. The van der Waals surface area contributed by atoms with Crippen LogP contribution < -0.4 is 0 Å². The zero-order valence-corrected chi connectivity index (χ0v) is 10.6. The standard InChI is InChI=1S/2C5H7O2.V/c2*1-4(6)3-5(2)7;/h2*3H,1-2H3;/q2*-1;+2. The number of ketones is 4. The molecule has 0 aliphatic carbocycles. The second-order valence-corrected chi connectivity index (χ2v) is 2.73. The molecule has 0 saturated carbocycles. The summed E-state index contributed by atoms with van der Waals surface area (Å²) in [7, 11) is 0. The SMILES string of the molecule is CC(=O)[CH-]C(C)=O.CC(=O)[CH-]C(C)=O.[V+2]. The van der Waals surface area contributed by atoms with Crippen molar-refractivity contribution in [2.75, 3.05) is 0 Å². The van der Waals surface area contributed by atoms with E-state index in [1.54, 1.807) is 0 Å². The van der Waals surface area contributed by atoms with Crippen LogP contribution in [0.5, 0.6) is 0 Å². The molecule has 0 aromatic carbocycles. The van der Waals surface area contributed by atoms with E-state index in [0.717, 1.165) is 12.8 Å². The van der Waals surface area contributed by atoms with E-state index in [9.17, 15) is 19.2 Å². The van der Waals surface area contributed by atoms with Gasteiger partial charge in [0.15, 0.2) is 0 Å². The molecule has 0 aromatic rings. The quantitative estimate of drug-likeness (QED) is 0.544. The molecule has 0 aliphatic heterocycles. The van der Waals surface area contributed by atoms with Crippen molar-refractivity contribution < 1.29 is 37.7 Å². The summed E-state index contributed by atoms with van der Waals surface area (Å²) in [6, 6.07) is 0. The minimum atomic E-state index is -0.187.